The van der Waals surface area contributed by atoms with E-state index in [1.165, 1.54) is 0 Å². The molecule has 0 bridgehead atoms. The third kappa shape index (κ3) is 7.30. The van der Waals surface area contributed by atoms with Crippen molar-refractivity contribution in [3.8, 4) is 0 Å². The van der Waals surface area contributed by atoms with Gasteiger partial charge in [-0.1, -0.05) is 13.8 Å². The average molecular weight is 202 g/mol. The van der Waals surface area contributed by atoms with Crippen molar-refractivity contribution in [2.24, 2.45) is 11.8 Å². The number of methoxy groups -OCH3 is 1. The van der Waals surface area contributed by atoms with E-state index in [-0.39, 0.29) is 0 Å². The predicted molar refractivity (Wildman–Crippen MR) is 61.6 cm³/mol. The molecule has 0 radical (unpaired) electrons. The lowest BCUT2D eigenvalue weighted by Gasteiger charge is -2.20. The summed E-state index contributed by atoms with van der Waals surface area (Å²) < 4.78 is 4.99. The van der Waals surface area contributed by atoms with Crippen molar-refractivity contribution in [1.29, 1.82) is 0 Å². The van der Waals surface area contributed by atoms with Gasteiger partial charge in [0.15, 0.2) is 0 Å². The molecule has 0 fully saturated rings. The molecule has 0 aromatic heterocycles. The highest BCUT2D eigenvalue weighted by Crippen LogP contribution is 2.07. The van der Waals surface area contributed by atoms with Gasteiger partial charge in [-0.3, -0.25) is 0 Å². The summed E-state index contributed by atoms with van der Waals surface area (Å²) in [6.07, 6.45) is 1.10. The molecular weight excluding hydrogens is 176 g/mol. The fourth-order valence-electron chi connectivity index (χ4n) is 1.43. The van der Waals surface area contributed by atoms with E-state index in [4.69, 9.17) is 4.74 Å². The zero-order chi connectivity index (χ0) is 10.8. The van der Waals surface area contributed by atoms with Crippen LogP contribution in [0.1, 0.15) is 20.3 Å². The number of hydrogen-bond donors (Lipinski definition) is 2. The normalized spacial score (nSPS) is 13.5. The molecule has 0 aromatic rings. The van der Waals surface area contributed by atoms with Gasteiger partial charge in [-0.25, -0.2) is 0 Å². The van der Waals surface area contributed by atoms with Crippen LogP contribution in [0.5, 0.6) is 0 Å². The zero-order valence-corrected chi connectivity index (χ0v) is 10.1. The van der Waals surface area contributed by atoms with E-state index in [2.05, 4.69) is 24.5 Å². The Kier molecular flexibility index (Phi) is 9.35. The summed E-state index contributed by atoms with van der Waals surface area (Å²) in [5.41, 5.74) is 0. The third-order valence-electron chi connectivity index (χ3n) is 2.52. The molecule has 0 heterocycles. The Morgan fingerprint density at radius 3 is 2.43 bits per heavy atom. The first-order chi connectivity index (χ1) is 6.72. The lowest BCUT2D eigenvalue weighted by atomic mass is 9.96. The van der Waals surface area contributed by atoms with Crippen molar-refractivity contribution >= 4 is 0 Å². The third-order valence-corrected chi connectivity index (χ3v) is 2.52. The van der Waals surface area contributed by atoms with Gasteiger partial charge in [0.1, 0.15) is 0 Å². The first-order valence-corrected chi connectivity index (χ1v) is 5.56. The monoisotopic (exact) mass is 202 g/mol. The van der Waals surface area contributed by atoms with Crippen molar-refractivity contribution in [3.63, 3.8) is 0 Å². The molecule has 1 atom stereocenters. The molecule has 0 aromatic carbocycles. The van der Waals surface area contributed by atoms with Gasteiger partial charge in [-0.2, -0.15) is 0 Å². The maximum absolute atomic E-state index is 4.99. The minimum absolute atomic E-state index is 0.725. The number of nitrogens with one attached hydrogen (secondary N) is 2. The molecule has 14 heavy (non-hydrogen) atoms. The molecule has 0 saturated carbocycles. The molecule has 3 nitrogen and oxygen atoms in total. The van der Waals surface area contributed by atoms with E-state index in [1.807, 2.05) is 7.05 Å². The van der Waals surface area contributed by atoms with Gasteiger partial charge in [-0.05, 0) is 44.9 Å². The molecule has 0 aliphatic rings. The maximum atomic E-state index is 4.99. The van der Waals surface area contributed by atoms with Crippen molar-refractivity contribution in [2.45, 2.75) is 20.3 Å². The Morgan fingerprint density at radius 1 is 1.21 bits per heavy atom. The smallest absolute Gasteiger partial charge is 0.0474 e. The molecule has 0 spiro atoms. The summed E-state index contributed by atoms with van der Waals surface area (Å²) in [7, 11) is 3.76. The molecule has 1 unspecified atom stereocenters. The Morgan fingerprint density at radius 2 is 1.93 bits per heavy atom. The first-order valence-electron chi connectivity index (χ1n) is 5.56. The summed E-state index contributed by atoms with van der Waals surface area (Å²) in [5, 5.41) is 6.70. The highest BCUT2D eigenvalue weighted by molar-refractivity contribution is 4.67. The maximum Gasteiger partial charge on any atom is 0.0474 e. The Hall–Kier alpha value is -0.120. The summed E-state index contributed by atoms with van der Waals surface area (Å²) in [4.78, 5) is 0. The van der Waals surface area contributed by atoms with E-state index in [0.717, 1.165) is 44.5 Å². The van der Waals surface area contributed by atoms with Crippen molar-refractivity contribution in [2.75, 3.05) is 40.4 Å². The molecule has 0 aliphatic heterocycles. The number of rotatable bonds is 9. The van der Waals surface area contributed by atoms with Crippen molar-refractivity contribution in [1.82, 2.24) is 10.6 Å². The molecule has 0 saturated heterocycles. The fourth-order valence-corrected chi connectivity index (χ4v) is 1.43. The van der Waals surface area contributed by atoms with Crippen LogP contribution in [-0.4, -0.2) is 40.4 Å². The van der Waals surface area contributed by atoms with Crippen LogP contribution >= 0.6 is 0 Å². The minimum atomic E-state index is 0.725. The van der Waals surface area contributed by atoms with E-state index in [9.17, 15) is 0 Å². The number of hydrogen-bond acceptors (Lipinski definition) is 3. The molecule has 0 rings (SSSR count). The number of ether oxygens (including phenoxy) is 1. The highest BCUT2D eigenvalue weighted by atomic mass is 16.5. The SMILES string of the molecule is CNCC(CNCCCOC)C(C)C. The lowest BCUT2D eigenvalue weighted by Crippen LogP contribution is -2.33. The van der Waals surface area contributed by atoms with Gasteiger partial charge in [0, 0.05) is 13.7 Å². The molecule has 2 N–H and O–H groups in total. The van der Waals surface area contributed by atoms with Crippen LogP contribution in [0.15, 0.2) is 0 Å². The van der Waals surface area contributed by atoms with Crippen molar-refractivity contribution in [3.05, 3.63) is 0 Å². The van der Waals surface area contributed by atoms with Gasteiger partial charge >= 0.3 is 0 Å². The predicted octanol–water partition coefficient (Wildman–Crippen LogP) is 1.10. The quantitative estimate of drug-likeness (QED) is 0.549. The van der Waals surface area contributed by atoms with Crippen LogP contribution in [-0.2, 0) is 4.74 Å². The topological polar surface area (TPSA) is 33.3 Å². The van der Waals surface area contributed by atoms with Crippen LogP contribution < -0.4 is 10.6 Å². The zero-order valence-electron chi connectivity index (χ0n) is 10.1. The van der Waals surface area contributed by atoms with E-state index in [1.54, 1.807) is 7.11 Å². The molecule has 3 heteroatoms. The van der Waals surface area contributed by atoms with Gasteiger partial charge in [-0.15, -0.1) is 0 Å². The molecule has 0 amide bonds. The van der Waals surface area contributed by atoms with Gasteiger partial charge in [0.2, 0.25) is 0 Å². The van der Waals surface area contributed by atoms with Gasteiger partial charge in [0.25, 0.3) is 0 Å². The minimum Gasteiger partial charge on any atom is -0.385 e. The van der Waals surface area contributed by atoms with Crippen LogP contribution in [0, 0.1) is 11.8 Å². The average Bonchev–Trinajstić information content (AvgIpc) is 2.15. The fraction of sp³-hybridized carbons (Fsp3) is 1.00. The second kappa shape index (κ2) is 9.44. The Balaban J connectivity index is 3.41. The van der Waals surface area contributed by atoms with Crippen LogP contribution in [0.2, 0.25) is 0 Å². The first kappa shape index (κ1) is 13.9. The molecular formula is C11H26N2O. The summed E-state index contributed by atoms with van der Waals surface area (Å²) >= 11 is 0. The van der Waals surface area contributed by atoms with E-state index < -0.39 is 0 Å². The second-order valence-electron chi connectivity index (χ2n) is 4.11. The van der Waals surface area contributed by atoms with E-state index in [0.29, 0.717) is 0 Å². The Labute approximate surface area is 88.6 Å². The van der Waals surface area contributed by atoms with Crippen LogP contribution in [0.25, 0.3) is 0 Å². The second-order valence-corrected chi connectivity index (χ2v) is 4.11. The summed E-state index contributed by atoms with van der Waals surface area (Å²) in [6, 6.07) is 0. The van der Waals surface area contributed by atoms with Gasteiger partial charge in [0.05, 0.1) is 0 Å². The highest BCUT2D eigenvalue weighted by Gasteiger charge is 2.11. The largest absolute Gasteiger partial charge is 0.385 e. The standard InChI is InChI=1S/C11H26N2O/c1-10(2)11(8-12-3)9-13-6-5-7-14-4/h10-13H,5-9H2,1-4H3. The van der Waals surface area contributed by atoms with Crippen LogP contribution in [0.4, 0.5) is 0 Å². The summed E-state index contributed by atoms with van der Waals surface area (Å²) in [6.45, 7) is 8.65. The molecule has 0 aliphatic carbocycles. The molecule has 86 valence electrons. The lowest BCUT2D eigenvalue weighted by molar-refractivity contribution is 0.193. The summed E-state index contributed by atoms with van der Waals surface area (Å²) in [5.74, 6) is 1.46. The van der Waals surface area contributed by atoms with E-state index >= 15 is 0 Å². The Bertz CT molecular complexity index is 118. The van der Waals surface area contributed by atoms with Gasteiger partial charge < -0.3 is 15.4 Å². The van der Waals surface area contributed by atoms with Crippen molar-refractivity contribution < 1.29 is 4.74 Å². The van der Waals surface area contributed by atoms with Crippen LogP contribution in [0.3, 0.4) is 0 Å².